The standard InChI is InChI=1S/C27H36N4O3/c1-29-27(28)31(26-23-12-4-3-10-21(23)19-34-26)24-17-20(13-14-25(24)33-2)9-5-7-15-30-16-8-6-11-22(30)18-32/h3-4,10,12-14,17,19,22,32H,5-9,11,15-16,18H2,1-2H3,(H2,28,29). The predicted molar refractivity (Wildman–Crippen MR) is 138 cm³/mol. The zero-order chi connectivity index (χ0) is 23.9. The fourth-order valence-corrected chi connectivity index (χ4v) is 4.86. The Labute approximate surface area is 201 Å². The number of aliphatic hydroxyl groups excluding tert-OH is 1. The average Bonchev–Trinajstić information content (AvgIpc) is 3.31. The molecule has 3 N–H and O–H groups in total. The van der Waals surface area contributed by atoms with Gasteiger partial charge in [-0.2, -0.15) is 0 Å². The maximum atomic E-state index is 9.65. The Morgan fingerprint density at radius 2 is 2.09 bits per heavy atom. The third-order valence-electron chi connectivity index (χ3n) is 6.75. The third kappa shape index (κ3) is 5.21. The molecule has 1 aliphatic rings. The number of ether oxygens (including phenoxy) is 1. The van der Waals surface area contributed by atoms with Crippen molar-refractivity contribution in [2.24, 2.45) is 10.7 Å². The molecular weight excluding hydrogens is 428 g/mol. The van der Waals surface area contributed by atoms with E-state index in [0.717, 1.165) is 55.2 Å². The summed E-state index contributed by atoms with van der Waals surface area (Å²) in [6, 6.07) is 14.5. The Bertz CT molecular complexity index is 1110. The molecule has 1 fully saturated rings. The van der Waals surface area contributed by atoms with Gasteiger partial charge < -0.3 is 20.0 Å². The molecule has 7 nitrogen and oxygen atoms in total. The van der Waals surface area contributed by atoms with E-state index in [-0.39, 0.29) is 6.61 Å². The number of anilines is 2. The molecule has 1 unspecified atom stereocenters. The second-order valence-electron chi connectivity index (χ2n) is 8.88. The van der Waals surface area contributed by atoms with Gasteiger partial charge in [-0.3, -0.25) is 9.89 Å². The van der Waals surface area contributed by atoms with E-state index in [9.17, 15) is 5.11 Å². The maximum absolute atomic E-state index is 9.65. The second kappa shape index (κ2) is 11.4. The Kier molecular flexibility index (Phi) is 8.08. The van der Waals surface area contributed by atoms with Crippen molar-refractivity contribution in [2.45, 2.75) is 44.6 Å². The summed E-state index contributed by atoms with van der Waals surface area (Å²) >= 11 is 0. The van der Waals surface area contributed by atoms with Crippen LogP contribution in [-0.4, -0.2) is 55.9 Å². The van der Waals surface area contributed by atoms with Gasteiger partial charge in [0.1, 0.15) is 12.0 Å². The van der Waals surface area contributed by atoms with Crippen LogP contribution >= 0.6 is 0 Å². The minimum Gasteiger partial charge on any atom is -0.495 e. The lowest BCUT2D eigenvalue weighted by atomic mass is 10.0. The first kappa shape index (κ1) is 24.1. The lowest BCUT2D eigenvalue weighted by Crippen LogP contribution is -2.42. The molecule has 0 bridgehead atoms. The molecule has 7 heteroatoms. The highest BCUT2D eigenvalue weighted by atomic mass is 16.5. The summed E-state index contributed by atoms with van der Waals surface area (Å²) < 4.78 is 11.7. The lowest BCUT2D eigenvalue weighted by molar-refractivity contribution is 0.0888. The van der Waals surface area contributed by atoms with Gasteiger partial charge in [-0.25, -0.2) is 4.90 Å². The van der Waals surface area contributed by atoms with Gasteiger partial charge in [0.2, 0.25) is 11.8 Å². The molecule has 2 aromatic carbocycles. The Hall–Kier alpha value is -3.03. The number of aliphatic hydroxyl groups is 1. The number of aryl methyl sites for hydroxylation is 1. The quantitative estimate of drug-likeness (QED) is 0.271. The molecule has 1 atom stereocenters. The van der Waals surface area contributed by atoms with Gasteiger partial charge in [-0.05, 0) is 69.0 Å². The first-order valence-corrected chi connectivity index (χ1v) is 12.2. The first-order chi connectivity index (χ1) is 16.7. The highest BCUT2D eigenvalue weighted by Crippen LogP contribution is 2.39. The van der Waals surface area contributed by atoms with Crippen LogP contribution in [0.15, 0.2) is 58.1 Å². The molecule has 0 aliphatic carbocycles. The van der Waals surface area contributed by atoms with Crippen molar-refractivity contribution in [1.82, 2.24) is 4.90 Å². The van der Waals surface area contributed by atoms with Crippen molar-refractivity contribution in [3.05, 3.63) is 54.3 Å². The molecule has 3 aromatic rings. The van der Waals surface area contributed by atoms with Crippen LogP contribution in [0.1, 0.15) is 37.7 Å². The number of unbranched alkanes of at least 4 members (excludes halogenated alkanes) is 1. The van der Waals surface area contributed by atoms with Gasteiger partial charge in [-0.1, -0.05) is 30.7 Å². The van der Waals surface area contributed by atoms with Crippen LogP contribution in [-0.2, 0) is 6.42 Å². The van der Waals surface area contributed by atoms with E-state index in [1.807, 2.05) is 35.2 Å². The summed E-state index contributed by atoms with van der Waals surface area (Å²) in [6.45, 7) is 2.40. The van der Waals surface area contributed by atoms with Crippen molar-refractivity contribution in [2.75, 3.05) is 38.8 Å². The van der Waals surface area contributed by atoms with Crippen LogP contribution in [0.4, 0.5) is 11.6 Å². The molecular formula is C27H36N4O3. The lowest BCUT2D eigenvalue weighted by Gasteiger charge is -2.34. The van der Waals surface area contributed by atoms with Crippen molar-refractivity contribution < 1.29 is 14.3 Å². The molecule has 4 rings (SSSR count). The number of hydrogen-bond donors (Lipinski definition) is 2. The van der Waals surface area contributed by atoms with Crippen LogP contribution in [0.25, 0.3) is 10.8 Å². The summed E-state index contributed by atoms with van der Waals surface area (Å²) in [6.07, 6.45) is 8.42. The number of piperidine rings is 1. The fourth-order valence-electron chi connectivity index (χ4n) is 4.86. The number of benzene rings is 2. The number of nitrogens with two attached hydrogens (primary N) is 1. The highest BCUT2D eigenvalue weighted by Gasteiger charge is 2.24. The summed E-state index contributed by atoms with van der Waals surface area (Å²) in [4.78, 5) is 8.53. The molecule has 34 heavy (non-hydrogen) atoms. The fraction of sp³-hybridized carbons (Fsp3) is 0.444. The molecule has 0 amide bonds. The minimum absolute atomic E-state index is 0.263. The zero-order valence-electron chi connectivity index (χ0n) is 20.2. The molecule has 0 spiro atoms. The summed E-state index contributed by atoms with van der Waals surface area (Å²) in [5, 5.41) is 11.6. The number of hydrogen-bond acceptors (Lipinski definition) is 5. The Morgan fingerprint density at radius 1 is 1.24 bits per heavy atom. The predicted octanol–water partition coefficient (Wildman–Crippen LogP) is 4.69. The van der Waals surface area contributed by atoms with E-state index in [0.29, 0.717) is 23.6 Å². The van der Waals surface area contributed by atoms with Gasteiger partial charge in [0.25, 0.3) is 0 Å². The van der Waals surface area contributed by atoms with Crippen LogP contribution in [0.2, 0.25) is 0 Å². The average molecular weight is 465 g/mol. The minimum atomic E-state index is 0.263. The number of aliphatic imine (C=N–C) groups is 1. The van der Waals surface area contributed by atoms with Crippen molar-refractivity contribution in [3.8, 4) is 5.75 Å². The van der Waals surface area contributed by atoms with Crippen molar-refractivity contribution in [3.63, 3.8) is 0 Å². The van der Waals surface area contributed by atoms with Gasteiger partial charge in [0.15, 0.2) is 0 Å². The number of guanidine groups is 1. The number of methoxy groups -OCH3 is 1. The van der Waals surface area contributed by atoms with E-state index >= 15 is 0 Å². The van der Waals surface area contributed by atoms with E-state index in [1.165, 1.54) is 18.4 Å². The monoisotopic (exact) mass is 464 g/mol. The summed E-state index contributed by atoms with van der Waals surface area (Å²) in [7, 11) is 3.33. The molecule has 1 aliphatic heterocycles. The van der Waals surface area contributed by atoms with Gasteiger partial charge >= 0.3 is 0 Å². The molecule has 2 heterocycles. The number of rotatable bonds is 9. The maximum Gasteiger partial charge on any atom is 0.214 e. The van der Waals surface area contributed by atoms with Crippen LogP contribution in [0.5, 0.6) is 5.75 Å². The van der Waals surface area contributed by atoms with Crippen LogP contribution in [0.3, 0.4) is 0 Å². The van der Waals surface area contributed by atoms with Crippen molar-refractivity contribution in [1.29, 1.82) is 0 Å². The largest absolute Gasteiger partial charge is 0.495 e. The molecule has 1 saturated heterocycles. The van der Waals surface area contributed by atoms with Crippen LogP contribution < -0.4 is 15.4 Å². The molecule has 0 saturated carbocycles. The molecule has 1 aromatic heterocycles. The number of nitrogens with zero attached hydrogens (tertiary/aromatic N) is 3. The van der Waals surface area contributed by atoms with Gasteiger partial charge in [0.05, 0.1) is 19.4 Å². The van der Waals surface area contributed by atoms with Gasteiger partial charge in [0, 0.05) is 23.9 Å². The molecule has 0 radical (unpaired) electrons. The van der Waals surface area contributed by atoms with Crippen LogP contribution in [0, 0.1) is 0 Å². The SMILES string of the molecule is CN=C(N)N(c1cc(CCCCN2CCCCC2CO)ccc1OC)c1occ2ccccc12. The second-order valence-corrected chi connectivity index (χ2v) is 8.88. The number of likely N-dealkylation sites (tertiary alicyclic amines) is 1. The number of fused-ring (bicyclic) bond motifs is 1. The summed E-state index contributed by atoms with van der Waals surface area (Å²) in [5.74, 6) is 1.65. The Balaban J connectivity index is 1.53. The molecule has 182 valence electrons. The Morgan fingerprint density at radius 3 is 2.88 bits per heavy atom. The van der Waals surface area contributed by atoms with Crippen molar-refractivity contribution >= 4 is 28.3 Å². The van der Waals surface area contributed by atoms with E-state index in [2.05, 4.69) is 22.0 Å². The topological polar surface area (TPSA) is 87.5 Å². The van der Waals surface area contributed by atoms with E-state index in [4.69, 9.17) is 14.9 Å². The number of furan rings is 1. The first-order valence-electron chi connectivity index (χ1n) is 12.2. The van der Waals surface area contributed by atoms with E-state index < -0.39 is 0 Å². The van der Waals surface area contributed by atoms with Gasteiger partial charge in [-0.15, -0.1) is 0 Å². The van der Waals surface area contributed by atoms with E-state index in [1.54, 1.807) is 20.4 Å². The smallest absolute Gasteiger partial charge is 0.214 e. The normalized spacial score (nSPS) is 17.3. The summed E-state index contributed by atoms with van der Waals surface area (Å²) in [5.41, 5.74) is 8.38. The third-order valence-corrected chi connectivity index (χ3v) is 6.75. The zero-order valence-corrected chi connectivity index (χ0v) is 20.2. The highest BCUT2D eigenvalue weighted by molar-refractivity contribution is 6.08.